The predicted octanol–water partition coefficient (Wildman–Crippen LogP) is 6.72. The molecule has 40 heavy (non-hydrogen) atoms. The number of carboxylic acids is 1. The van der Waals surface area contributed by atoms with Gasteiger partial charge in [-0.1, -0.05) is 47.2 Å². The molecule has 0 unspecified atom stereocenters. The van der Waals surface area contributed by atoms with Crippen LogP contribution in [-0.4, -0.2) is 55.8 Å². The lowest BCUT2D eigenvalue weighted by atomic mass is 9.88. The van der Waals surface area contributed by atoms with Crippen LogP contribution in [0.5, 0.6) is 0 Å². The zero-order valence-corrected chi connectivity index (χ0v) is 23.3. The van der Waals surface area contributed by atoms with Crippen molar-refractivity contribution in [3.8, 4) is 28.1 Å². The number of carbonyl (C=O) groups is 2. The summed E-state index contributed by atoms with van der Waals surface area (Å²) in [7, 11) is 0. The van der Waals surface area contributed by atoms with Gasteiger partial charge in [0.2, 0.25) is 0 Å². The molecule has 0 atom stereocenters. The Kier molecular flexibility index (Phi) is 7.43. The van der Waals surface area contributed by atoms with Crippen LogP contribution >= 0.6 is 0 Å². The molecule has 0 saturated carbocycles. The van der Waals surface area contributed by atoms with Crippen LogP contribution in [0.2, 0.25) is 0 Å². The maximum atomic E-state index is 12.4. The fourth-order valence-electron chi connectivity index (χ4n) is 4.96. The molecule has 5 rings (SSSR count). The summed E-state index contributed by atoms with van der Waals surface area (Å²) in [6.07, 6.45) is 3.29. The number of carboxylic acid groups (broad SMARTS) is 1. The standard InChI is InChI=1S/C32H34N4O4/c1-21-5-11-28(12-6-21)36-20-29(33-34-36)26-17-25(18-27(19-26)30(37)38)23-9-7-22(8-10-23)24-13-15-35(16-14-24)31(39)40-32(2,3)4/h5-12,17-20,24H,13-16H2,1-4H3,(H,37,38). The predicted molar refractivity (Wildman–Crippen MR) is 154 cm³/mol. The molecule has 1 fully saturated rings. The Morgan fingerprint density at radius 1 is 0.900 bits per heavy atom. The zero-order chi connectivity index (χ0) is 28.4. The number of aryl methyl sites for hydroxylation is 1. The van der Waals surface area contributed by atoms with Crippen LogP contribution in [0.15, 0.2) is 72.9 Å². The number of aromatic nitrogens is 3. The van der Waals surface area contributed by atoms with Crippen LogP contribution in [0, 0.1) is 6.92 Å². The molecule has 4 aromatic rings. The van der Waals surface area contributed by atoms with Crippen LogP contribution in [0.3, 0.4) is 0 Å². The first kappa shape index (κ1) is 27.1. The van der Waals surface area contributed by atoms with E-state index in [1.54, 1.807) is 21.7 Å². The third-order valence-electron chi connectivity index (χ3n) is 7.13. The van der Waals surface area contributed by atoms with Crippen LogP contribution in [0.4, 0.5) is 4.79 Å². The van der Waals surface area contributed by atoms with Crippen LogP contribution in [0.1, 0.15) is 61.0 Å². The highest BCUT2D eigenvalue weighted by molar-refractivity contribution is 5.91. The summed E-state index contributed by atoms with van der Waals surface area (Å²) in [5.74, 6) is -0.646. The van der Waals surface area contributed by atoms with Crippen molar-refractivity contribution in [2.45, 2.75) is 52.1 Å². The Bertz CT molecular complexity index is 1510. The largest absolute Gasteiger partial charge is 0.478 e. The van der Waals surface area contributed by atoms with Gasteiger partial charge < -0.3 is 14.7 Å². The average Bonchev–Trinajstić information content (AvgIpc) is 3.43. The van der Waals surface area contributed by atoms with E-state index in [0.29, 0.717) is 30.3 Å². The quantitative estimate of drug-likeness (QED) is 0.303. The first-order valence-corrected chi connectivity index (χ1v) is 13.5. The van der Waals surface area contributed by atoms with Gasteiger partial charge in [0.25, 0.3) is 0 Å². The van der Waals surface area contributed by atoms with Gasteiger partial charge in [0.15, 0.2) is 0 Å². The summed E-state index contributed by atoms with van der Waals surface area (Å²) in [5.41, 5.74) is 5.94. The number of aromatic carboxylic acids is 1. The van der Waals surface area contributed by atoms with E-state index in [2.05, 4.69) is 22.4 Å². The van der Waals surface area contributed by atoms with Gasteiger partial charge in [-0.25, -0.2) is 14.3 Å². The molecule has 2 heterocycles. The SMILES string of the molecule is Cc1ccc(-n2cc(-c3cc(C(=O)O)cc(-c4ccc(C5CCN(C(=O)OC(C)(C)C)CC5)cc4)c3)nn2)cc1. The van der Waals surface area contributed by atoms with Crippen molar-refractivity contribution in [1.29, 1.82) is 0 Å². The van der Waals surface area contributed by atoms with Gasteiger partial charge in [-0.3, -0.25) is 0 Å². The maximum absolute atomic E-state index is 12.4. The van der Waals surface area contributed by atoms with Crippen LogP contribution in [0.25, 0.3) is 28.1 Å². The van der Waals surface area contributed by atoms with Crippen molar-refractivity contribution in [2.24, 2.45) is 0 Å². The van der Waals surface area contributed by atoms with E-state index in [1.165, 1.54) is 5.56 Å². The van der Waals surface area contributed by atoms with Crippen LogP contribution < -0.4 is 0 Å². The minimum absolute atomic E-state index is 0.191. The van der Waals surface area contributed by atoms with Gasteiger partial charge in [-0.2, -0.15) is 0 Å². The fourth-order valence-corrected chi connectivity index (χ4v) is 4.96. The first-order valence-electron chi connectivity index (χ1n) is 13.5. The summed E-state index contributed by atoms with van der Waals surface area (Å²) in [5, 5.41) is 18.4. The molecule has 8 heteroatoms. The van der Waals surface area contributed by atoms with Crippen molar-refractivity contribution in [1.82, 2.24) is 19.9 Å². The topological polar surface area (TPSA) is 97.6 Å². The monoisotopic (exact) mass is 538 g/mol. The zero-order valence-electron chi connectivity index (χ0n) is 23.3. The van der Waals surface area contributed by atoms with E-state index in [9.17, 15) is 14.7 Å². The highest BCUT2D eigenvalue weighted by Crippen LogP contribution is 2.32. The Morgan fingerprint density at radius 3 is 2.17 bits per heavy atom. The van der Waals surface area contributed by atoms with Gasteiger partial charge in [-0.05, 0) is 93.5 Å². The number of piperidine rings is 1. The van der Waals surface area contributed by atoms with E-state index < -0.39 is 11.6 Å². The van der Waals surface area contributed by atoms with Gasteiger partial charge >= 0.3 is 12.1 Å². The molecular weight excluding hydrogens is 504 g/mol. The van der Waals surface area contributed by atoms with Gasteiger partial charge in [0.1, 0.15) is 11.3 Å². The smallest absolute Gasteiger partial charge is 0.410 e. The number of likely N-dealkylation sites (tertiary alicyclic amines) is 1. The minimum Gasteiger partial charge on any atom is -0.478 e. The highest BCUT2D eigenvalue weighted by atomic mass is 16.6. The van der Waals surface area contributed by atoms with Crippen molar-refractivity contribution in [3.05, 3.63) is 89.6 Å². The van der Waals surface area contributed by atoms with Crippen molar-refractivity contribution in [2.75, 3.05) is 13.1 Å². The minimum atomic E-state index is -0.998. The number of hydrogen-bond donors (Lipinski definition) is 1. The van der Waals surface area contributed by atoms with Gasteiger partial charge in [-0.15, -0.1) is 5.10 Å². The Balaban J connectivity index is 1.34. The van der Waals surface area contributed by atoms with Crippen molar-refractivity contribution >= 4 is 12.1 Å². The number of ether oxygens (including phenoxy) is 1. The van der Waals surface area contributed by atoms with E-state index in [0.717, 1.165) is 35.2 Å². The molecule has 0 aliphatic carbocycles. The van der Waals surface area contributed by atoms with E-state index in [1.807, 2.05) is 76.4 Å². The lowest BCUT2D eigenvalue weighted by Gasteiger charge is -2.33. The Labute approximate surface area is 234 Å². The maximum Gasteiger partial charge on any atom is 0.410 e. The average molecular weight is 539 g/mol. The molecule has 0 radical (unpaired) electrons. The molecule has 1 aliphatic heterocycles. The molecule has 1 saturated heterocycles. The van der Waals surface area contributed by atoms with E-state index in [-0.39, 0.29) is 11.7 Å². The lowest BCUT2D eigenvalue weighted by Crippen LogP contribution is -2.41. The number of rotatable bonds is 5. The van der Waals surface area contributed by atoms with E-state index >= 15 is 0 Å². The normalized spacial score (nSPS) is 14.2. The number of hydrogen-bond acceptors (Lipinski definition) is 5. The molecule has 1 N–H and O–H groups in total. The van der Waals surface area contributed by atoms with E-state index in [4.69, 9.17) is 4.74 Å². The molecule has 3 aromatic carbocycles. The number of nitrogens with zero attached hydrogens (tertiary/aromatic N) is 4. The Hall–Kier alpha value is -4.46. The second-order valence-electron chi connectivity index (χ2n) is 11.4. The molecule has 1 amide bonds. The molecule has 1 aromatic heterocycles. The second-order valence-corrected chi connectivity index (χ2v) is 11.4. The molecule has 0 spiro atoms. The number of benzene rings is 3. The third kappa shape index (κ3) is 6.22. The van der Waals surface area contributed by atoms with Crippen molar-refractivity contribution < 1.29 is 19.4 Å². The highest BCUT2D eigenvalue weighted by Gasteiger charge is 2.27. The Morgan fingerprint density at radius 2 is 1.55 bits per heavy atom. The molecule has 8 nitrogen and oxygen atoms in total. The van der Waals surface area contributed by atoms with Crippen LogP contribution in [-0.2, 0) is 4.74 Å². The molecular formula is C32H34N4O4. The summed E-state index contributed by atoms with van der Waals surface area (Å²) in [6.45, 7) is 8.98. The lowest BCUT2D eigenvalue weighted by molar-refractivity contribution is 0.0204. The van der Waals surface area contributed by atoms with Gasteiger partial charge in [0, 0.05) is 18.7 Å². The number of amides is 1. The molecule has 0 bridgehead atoms. The summed E-state index contributed by atoms with van der Waals surface area (Å²) < 4.78 is 7.20. The summed E-state index contributed by atoms with van der Waals surface area (Å²) >= 11 is 0. The third-order valence-corrected chi connectivity index (χ3v) is 7.13. The first-order chi connectivity index (χ1) is 19.1. The molecule has 1 aliphatic rings. The molecule has 206 valence electrons. The summed E-state index contributed by atoms with van der Waals surface area (Å²) in [4.78, 5) is 26.1. The number of carbonyl (C=O) groups excluding carboxylic acids is 1. The van der Waals surface area contributed by atoms with Gasteiger partial charge in [0.05, 0.1) is 17.4 Å². The summed E-state index contributed by atoms with van der Waals surface area (Å²) in [6, 6.07) is 21.5. The van der Waals surface area contributed by atoms with Crippen molar-refractivity contribution in [3.63, 3.8) is 0 Å². The second kappa shape index (κ2) is 11.0. The fraction of sp³-hybridized carbons (Fsp3) is 0.312.